The molecule has 2 heteroatoms. The van der Waals surface area contributed by atoms with Gasteiger partial charge in [0.2, 0.25) is 0 Å². The predicted octanol–water partition coefficient (Wildman–Crippen LogP) is 2.41. The molecule has 1 N–H and O–H groups in total. The van der Waals surface area contributed by atoms with E-state index in [0.717, 1.165) is 18.5 Å². The van der Waals surface area contributed by atoms with E-state index >= 15 is 0 Å². The highest BCUT2D eigenvalue weighted by molar-refractivity contribution is 4.86. The molecule has 0 aromatic rings. The molecule has 1 saturated carbocycles. The molecule has 0 amide bonds. The van der Waals surface area contributed by atoms with Crippen molar-refractivity contribution in [3.63, 3.8) is 0 Å². The summed E-state index contributed by atoms with van der Waals surface area (Å²) in [7, 11) is 4.38. The third kappa shape index (κ3) is 4.35. The molecule has 88 valence electrons. The van der Waals surface area contributed by atoms with Gasteiger partial charge in [0.15, 0.2) is 0 Å². The van der Waals surface area contributed by atoms with Gasteiger partial charge in [-0.3, -0.25) is 0 Å². The average molecular weight is 210 g/mol. The van der Waals surface area contributed by atoms with Crippen LogP contribution in [0.15, 0.2) is 12.7 Å². The van der Waals surface area contributed by atoms with Crippen LogP contribution in [0.25, 0.3) is 0 Å². The van der Waals surface area contributed by atoms with Gasteiger partial charge in [-0.1, -0.05) is 6.08 Å². The molecule has 15 heavy (non-hydrogen) atoms. The zero-order valence-electron chi connectivity index (χ0n) is 10.5. The summed E-state index contributed by atoms with van der Waals surface area (Å²) in [5.41, 5.74) is 0. The normalized spacial score (nSPS) is 28.3. The summed E-state index contributed by atoms with van der Waals surface area (Å²) in [6.45, 7) is 6.05. The van der Waals surface area contributed by atoms with Crippen LogP contribution in [0.3, 0.4) is 0 Å². The van der Waals surface area contributed by atoms with E-state index in [1.165, 1.54) is 25.7 Å². The van der Waals surface area contributed by atoms with Crippen molar-refractivity contribution in [1.29, 1.82) is 0 Å². The van der Waals surface area contributed by atoms with Gasteiger partial charge in [0.25, 0.3) is 0 Å². The Kier molecular flexibility index (Phi) is 5.34. The minimum absolute atomic E-state index is 0.633. The minimum Gasteiger partial charge on any atom is -0.311 e. The minimum atomic E-state index is 0.633. The number of hydrogen-bond acceptors (Lipinski definition) is 2. The summed E-state index contributed by atoms with van der Waals surface area (Å²) in [4.78, 5) is 2.36. The van der Waals surface area contributed by atoms with Gasteiger partial charge in [0, 0.05) is 18.1 Å². The Morgan fingerprint density at radius 1 is 1.47 bits per heavy atom. The Balaban J connectivity index is 2.20. The highest BCUT2D eigenvalue weighted by atomic mass is 15.1. The molecule has 1 rings (SSSR count). The van der Waals surface area contributed by atoms with Gasteiger partial charge in [-0.15, -0.1) is 6.58 Å². The van der Waals surface area contributed by atoms with Crippen molar-refractivity contribution in [3.05, 3.63) is 12.7 Å². The molecule has 1 aliphatic carbocycles. The first-order valence-corrected chi connectivity index (χ1v) is 6.17. The zero-order valence-corrected chi connectivity index (χ0v) is 10.5. The second-order valence-electron chi connectivity index (χ2n) is 5.06. The molecule has 0 aliphatic heterocycles. The molecule has 0 saturated heterocycles. The third-order valence-electron chi connectivity index (χ3n) is 3.46. The molecule has 0 radical (unpaired) electrons. The van der Waals surface area contributed by atoms with Crippen molar-refractivity contribution >= 4 is 0 Å². The summed E-state index contributed by atoms with van der Waals surface area (Å²) in [6.07, 6.45) is 8.34. The van der Waals surface area contributed by atoms with Crippen LogP contribution in [-0.4, -0.2) is 37.1 Å². The van der Waals surface area contributed by atoms with E-state index in [4.69, 9.17) is 0 Å². The fourth-order valence-corrected chi connectivity index (χ4v) is 2.43. The summed E-state index contributed by atoms with van der Waals surface area (Å²) >= 11 is 0. The van der Waals surface area contributed by atoms with E-state index in [0.29, 0.717) is 6.04 Å². The third-order valence-corrected chi connectivity index (χ3v) is 3.46. The fourth-order valence-electron chi connectivity index (χ4n) is 2.43. The van der Waals surface area contributed by atoms with E-state index in [1.54, 1.807) is 0 Å². The number of nitrogens with one attached hydrogen (secondary N) is 1. The summed E-state index contributed by atoms with van der Waals surface area (Å²) < 4.78 is 0. The van der Waals surface area contributed by atoms with Gasteiger partial charge in [0.05, 0.1) is 0 Å². The standard InChI is InChI=1S/C13H26N2/c1-5-6-7-11(2)14-12-8-9-13(10-12)15(3)4/h5,11-14H,1,6-10H2,2-4H3. The molecular weight excluding hydrogens is 184 g/mol. The van der Waals surface area contributed by atoms with E-state index in [2.05, 4.69) is 37.8 Å². The number of nitrogens with zero attached hydrogens (tertiary/aromatic N) is 1. The van der Waals surface area contributed by atoms with Gasteiger partial charge in [-0.25, -0.2) is 0 Å². The Hall–Kier alpha value is -0.340. The van der Waals surface area contributed by atoms with Crippen LogP contribution in [0.2, 0.25) is 0 Å². The maximum Gasteiger partial charge on any atom is 0.0105 e. The predicted molar refractivity (Wildman–Crippen MR) is 67.1 cm³/mol. The van der Waals surface area contributed by atoms with Crippen molar-refractivity contribution in [2.75, 3.05) is 14.1 Å². The van der Waals surface area contributed by atoms with Gasteiger partial charge in [0.1, 0.15) is 0 Å². The van der Waals surface area contributed by atoms with Crippen molar-refractivity contribution < 1.29 is 0 Å². The zero-order chi connectivity index (χ0) is 11.3. The van der Waals surface area contributed by atoms with Crippen molar-refractivity contribution in [1.82, 2.24) is 10.2 Å². The quantitative estimate of drug-likeness (QED) is 0.677. The van der Waals surface area contributed by atoms with Gasteiger partial charge in [-0.2, -0.15) is 0 Å². The largest absolute Gasteiger partial charge is 0.311 e. The number of rotatable bonds is 6. The first-order valence-electron chi connectivity index (χ1n) is 6.17. The lowest BCUT2D eigenvalue weighted by molar-refractivity contribution is 0.290. The summed E-state index contributed by atoms with van der Waals surface area (Å²) in [6, 6.07) is 2.15. The first kappa shape index (κ1) is 12.7. The molecule has 0 bridgehead atoms. The molecule has 0 aromatic carbocycles. The molecule has 1 fully saturated rings. The van der Waals surface area contributed by atoms with Gasteiger partial charge >= 0.3 is 0 Å². The van der Waals surface area contributed by atoms with Crippen LogP contribution in [0, 0.1) is 0 Å². The molecular formula is C13H26N2. The van der Waals surface area contributed by atoms with Crippen molar-refractivity contribution in [2.45, 2.75) is 57.2 Å². The van der Waals surface area contributed by atoms with Crippen LogP contribution < -0.4 is 5.32 Å². The second-order valence-corrected chi connectivity index (χ2v) is 5.06. The Morgan fingerprint density at radius 2 is 2.20 bits per heavy atom. The lowest BCUT2D eigenvalue weighted by atomic mass is 10.1. The highest BCUT2D eigenvalue weighted by Gasteiger charge is 2.26. The maximum atomic E-state index is 3.77. The van der Waals surface area contributed by atoms with Crippen LogP contribution in [-0.2, 0) is 0 Å². The van der Waals surface area contributed by atoms with Gasteiger partial charge < -0.3 is 10.2 Å². The second kappa shape index (κ2) is 6.29. The molecule has 1 aliphatic rings. The Bertz CT molecular complexity index is 189. The molecule has 0 heterocycles. The SMILES string of the molecule is C=CCCC(C)NC1CCC(N(C)C)C1. The number of allylic oxidation sites excluding steroid dienone is 1. The van der Waals surface area contributed by atoms with Crippen LogP contribution in [0.4, 0.5) is 0 Å². The fraction of sp³-hybridized carbons (Fsp3) is 0.846. The van der Waals surface area contributed by atoms with Gasteiger partial charge in [-0.05, 0) is 53.1 Å². The van der Waals surface area contributed by atoms with E-state index < -0.39 is 0 Å². The lowest BCUT2D eigenvalue weighted by Crippen LogP contribution is -2.36. The van der Waals surface area contributed by atoms with E-state index in [-0.39, 0.29) is 0 Å². The van der Waals surface area contributed by atoms with E-state index in [9.17, 15) is 0 Å². The highest BCUT2D eigenvalue weighted by Crippen LogP contribution is 2.23. The Morgan fingerprint density at radius 3 is 2.73 bits per heavy atom. The van der Waals surface area contributed by atoms with Crippen LogP contribution in [0.1, 0.15) is 39.0 Å². The molecule has 0 aromatic heterocycles. The molecule has 2 nitrogen and oxygen atoms in total. The lowest BCUT2D eigenvalue weighted by Gasteiger charge is -2.21. The molecule has 0 spiro atoms. The Labute approximate surface area is 94.7 Å². The molecule has 3 atom stereocenters. The van der Waals surface area contributed by atoms with Crippen LogP contribution in [0.5, 0.6) is 0 Å². The maximum absolute atomic E-state index is 3.77. The average Bonchev–Trinajstić information content (AvgIpc) is 2.63. The van der Waals surface area contributed by atoms with E-state index in [1.807, 2.05) is 6.08 Å². The first-order chi connectivity index (χ1) is 7.13. The van der Waals surface area contributed by atoms with Crippen molar-refractivity contribution in [3.8, 4) is 0 Å². The smallest absolute Gasteiger partial charge is 0.0105 e. The summed E-state index contributed by atoms with van der Waals surface area (Å²) in [5, 5.41) is 3.72. The topological polar surface area (TPSA) is 15.3 Å². The van der Waals surface area contributed by atoms with Crippen LogP contribution >= 0.6 is 0 Å². The summed E-state index contributed by atoms with van der Waals surface area (Å²) in [5.74, 6) is 0. The van der Waals surface area contributed by atoms with Crippen molar-refractivity contribution in [2.24, 2.45) is 0 Å². The monoisotopic (exact) mass is 210 g/mol. The number of hydrogen-bond donors (Lipinski definition) is 1. The molecule has 3 unspecified atom stereocenters.